The van der Waals surface area contributed by atoms with E-state index in [9.17, 15) is 17.6 Å². The van der Waals surface area contributed by atoms with Crippen molar-refractivity contribution < 1.29 is 17.6 Å². The second-order valence-electron chi connectivity index (χ2n) is 6.25. The highest BCUT2D eigenvalue weighted by atomic mass is 32.2. The quantitative estimate of drug-likeness (QED) is 0.903. The van der Waals surface area contributed by atoms with Crippen LogP contribution < -0.4 is 5.32 Å². The van der Waals surface area contributed by atoms with Gasteiger partial charge in [0, 0.05) is 24.7 Å². The van der Waals surface area contributed by atoms with Gasteiger partial charge in [-0.1, -0.05) is 18.9 Å². The largest absolute Gasteiger partial charge is 0.350 e. The monoisotopic (exact) mass is 352 g/mol. The lowest BCUT2D eigenvalue weighted by Crippen LogP contribution is -2.39. The van der Waals surface area contributed by atoms with Gasteiger partial charge in [0.05, 0.1) is 4.90 Å². The first-order valence-electron chi connectivity index (χ1n) is 8.22. The Morgan fingerprint density at radius 2 is 1.83 bits per heavy atom. The molecular weight excluding hydrogens is 331 g/mol. The van der Waals surface area contributed by atoms with Crippen molar-refractivity contribution in [3.8, 4) is 0 Å². The fourth-order valence-electron chi connectivity index (χ4n) is 3.18. The second kappa shape index (κ2) is 7.03. The Labute approximate surface area is 141 Å². The number of sulfonamides is 1. The molecule has 1 aromatic carbocycles. The van der Waals surface area contributed by atoms with Gasteiger partial charge in [-0.3, -0.25) is 4.79 Å². The number of carbonyl (C=O) groups excluding carboxylic acids is 1. The van der Waals surface area contributed by atoms with Crippen LogP contribution in [0.25, 0.3) is 0 Å². The maximum absolute atomic E-state index is 13.0. The molecule has 130 valence electrons. The van der Waals surface area contributed by atoms with Crippen LogP contribution in [0, 0.1) is 5.82 Å². The Kier molecular flexibility index (Phi) is 5.01. The first-order valence-corrected chi connectivity index (χ1v) is 9.66. The van der Waals surface area contributed by atoms with E-state index in [-0.39, 0.29) is 29.9 Å². The molecule has 1 aliphatic carbocycles. The number of hydrogen-bond acceptors (Lipinski definition) is 3. The maximum Gasteiger partial charge on any atom is 0.247 e. The van der Waals surface area contributed by atoms with Crippen LogP contribution in [-0.2, 0) is 14.8 Å². The Hall–Kier alpha value is -1.73. The third kappa shape index (κ3) is 3.67. The van der Waals surface area contributed by atoms with Crippen LogP contribution in [0.15, 0.2) is 40.8 Å². The van der Waals surface area contributed by atoms with Gasteiger partial charge < -0.3 is 5.32 Å². The normalized spacial score (nSPS) is 20.0. The van der Waals surface area contributed by atoms with E-state index < -0.39 is 15.8 Å². The minimum absolute atomic E-state index is 0.0659. The van der Waals surface area contributed by atoms with Crippen molar-refractivity contribution >= 4 is 15.9 Å². The van der Waals surface area contributed by atoms with Crippen LogP contribution in [-0.4, -0.2) is 37.8 Å². The number of hydrogen-bond donors (Lipinski definition) is 1. The van der Waals surface area contributed by atoms with E-state index in [1.807, 2.05) is 0 Å². The summed E-state index contributed by atoms with van der Waals surface area (Å²) < 4.78 is 39.3. The summed E-state index contributed by atoms with van der Waals surface area (Å²) >= 11 is 0. The third-order valence-corrected chi connectivity index (χ3v) is 6.48. The SMILES string of the molecule is O=C(NC1CCCC1)C1=CCN(S(=O)(=O)c2ccc(F)cc2)CC1. The highest BCUT2D eigenvalue weighted by Crippen LogP contribution is 2.22. The summed E-state index contributed by atoms with van der Waals surface area (Å²) in [5, 5.41) is 3.02. The first-order chi connectivity index (χ1) is 11.5. The summed E-state index contributed by atoms with van der Waals surface area (Å²) in [6, 6.07) is 5.03. The molecule has 0 spiro atoms. The molecule has 1 aliphatic heterocycles. The van der Waals surface area contributed by atoms with Crippen molar-refractivity contribution in [2.75, 3.05) is 13.1 Å². The minimum Gasteiger partial charge on any atom is -0.350 e. The molecule has 0 unspecified atom stereocenters. The predicted octanol–water partition coefficient (Wildman–Crippen LogP) is 2.21. The van der Waals surface area contributed by atoms with Gasteiger partial charge in [-0.05, 0) is 43.5 Å². The summed E-state index contributed by atoms with van der Waals surface area (Å²) in [4.78, 5) is 12.3. The summed E-state index contributed by atoms with van der Waals surface area (Å²) in [5.74, 6) is -0.556. The highest BCUT2D eigenvalue weighted by molar-refractivity contribution is 7.89. The first kappa shape index (κ1) is 17.1. The van der Waals surface area contributed by atoms with E-state index in [1.54, 1.807) is 6.08 Å². The lowest BCUT2D eigenvalue weighted by atomic mass is 10.1. The zero-order valence-electron chi connectivity index (χ0n) is 13.4. The van der Waals surface area contributed by atoms with Gasteiger partial charge in [0.15, 0.2) is 0 Å². The smallest absolute Gasteiger partial charge is 0.247 e. The van der Waals surface area contributed by atoms with E-state index in [0.717, 1.165) is 37.8 Å². The molecule has 7 heteroatoms. The molecule has 0 bridgehead atoms. The van der Waals surface area contributed by atoms with E-state index in [4.69, 9.17) is 0 Å². The summed E-state index contributed by atoms with van der Waals surface area (Å²) in [6.45, 7) is 0.413. The van der Waals surface area contributed by atoms with Gasteiger partial charge in [0.25, 0.3) is 0 Å². The fraction of sp³-hybridized carbons (Fsp3) is 0.471. The van der Waals surface area contributed by atoms with Crippen LogP contribution in [0.3, 0.4) is 0 Å². The minimum atomic E-state index is -3.66. The van der Waals surface area contributed by atoms with Gasteiger partial charge in [0.1, 0.15) is 5.82 Å². The number of nitrogens with zero attached hydrogens (tertiary/aromatic N) is 1. The summed E-state index contributed by atoms with van der Waals surface area (Å²) in [7, 11) is -3.66. The Morgan fingerprint density at radius 3 is 2.42 bits per heavy atom. The van der Waals surface area contributed by atoms with Gasteiger partial charge >= 0.3 is 0 Å². The second-order valence-corrected chi connectivity index (χ2v) is 8.19. The summed E-state index contributed by atoms with van der Waals surface area (Å²) in [5.41, 5.74) is 0.646. The Balaban J connectivity index is 1.65. The van der Waals surface area contributed by atoms with Crippen molar-refractivity contribution in [2.24, 2.45) is 0 Å². The molecule has 1 fully saturated rings. The molecule has 1 N–H and O–H groups in total. The molecule has 0 aromatic heterocycles. The maximum atomic E-state index is 13.0. The van der Waals surface area contributed by atoms with Gasteiger partial charge in [0.2, 0.25) is 15.9 Å². The zero-order chi connectivity index (χ0) is 17.2. The fourth-order valence-corrected chi connectivity index (χ4v) is 4.56. The Bertz CT molecular complexity index is 738. The van der Waals surface area contributed by atoms with E-state index in [1.165, 1.54) is 16.4 Å². The lowest BCUT2D eigenvalue weighted by molar-refractivity contribution is -0.118. The van der Waals surface area contributed by atoms with Crippen molar-refractivity contribution in [3.63, 3.8) is 0 Å². The highest BCUT2D eigenvalue weighted by Gasteiger charge is 2.28. The van der Waals surface area contributed by atoms with Crippen molar-refractivity contribution in [2.45, 2.75) is 43.0 Å². The predicted molar refractivity (Wildman–Crippen MR) is 88.3 cm³/mol. The Morgan fingerprint density at radius 1 is 1.17 bits per heavy atom. The molecule has 1 aromatic rings. The number of nitrogens with one attached hydrogen (secondary N) is 1. The average molecular weight is 352 g/mol. The van der Waals surface area contributed by atoms with Gasteiger partial charge in [-0.15, -0.1) is 0 Å². The van der Waals surface area contributed by atoms with E-state index in [0.29, 0.717) is 12.0 Å². The molecule has 2 aliphatic rings. The van der Waals surface area contributed by atoms with Crippen LogP contribution in [0.2, 0.25) is 0 Å². The zero-order valence-corrected chi connectivity index (χ0v) is 14.2. The molecule has 24 heavy (non-hydrogen) atoms. The molecule has 1 heterocycles. The van der Waals surface area contributed by atoms with E-state index in [2.05, 4.69) is 5.32 Å². The van der Waals surface area contributed by atoms with Crippen molar-refractivity contribution in [1.29, 1.82) is 0 Å². The topological polar surface area (TPSA) is 66.5 Å². The van der Waals surface area contributed by atoms with Crippen LogP contribution >= 0.6 is 0 Å². The molecule has 5 nitrogen and oxygen atoms in total. The summed E-state index contributed by atoms with van der Waals surface area (Å²) in [6.07, 6.45) is 6.39. The third-order valence-electron chi connectivity index (χ3n) is 4.61. The average Bonchev–Trinajstić information content (AvgIpc) is 3.08. The molecule has 1 saturated carbocycles. The van der Waals surface area contributed by atoms with Crippen molar-refractivity contribution in [3.05, 3.63) is 41.7 Å². The molecule has 1 amide bonds. The molecule has 0 saturated heterocycles. The number of amides is 1. The van der Waals surface area contributed by atoms with Crippen LogP contribution in [0.5, 0.6) is 0 Å². The molecule has 3 rings (SSSR count). The van der Waals surface area contributed by atoms with Crippen LogP contribution in [0.4, 0.5) is 4.39 Å². The lowest BCUT2D eigenvalue weighted by Gasteiger charge is -2.26. The number of halogens is 1. The molecule has 0 radical (unpaired) electrons. The van der Waals surface area contributed by atoms with E-state index >= 15 is 0 Å². The number of benzene rings is 1. The molecular formula is C17H21FN2O3S. The van der Waals surface area contributed by atoms with Crippen molar-refractivity contribution in [1.82, 2.24) is 9.62 Å². The molecule has 0 atom stereocenters. The van der Waals surface area contributed by atoms with Gasteiger partial charge in [-0.25, -0.2) is 12.8 Å². The number of carbonyl (C=O) groups is 1. The van der Waals surface area contributed by atoms with Gasteiger partial charge in [-0.2, -0.15) is 4.31 Å². The standard InChI is InChI=1S/C17H21FN2O3S/c18-14-5-7-16(8-6-14)24(22,23)20-11-9-13(10-12-20)17(21)19-15-3-1-2-4-15/h5-9,15H,1-4,10-12H2,(H,19,21). The van der Waals surface area contributed by atoms with Crippen LogP contribution in [0.1, 0.15) is 32.1 Å². The number of rotatable bonds is 4.